The number of thiocarbonyl (C=S) groups is 1. The van der Waals surface area contributed by atoms with E-state index in [0.717, 1.165) is 11.1 Å². The van der Waals surface area contributed by atoms with Gasteiger partial charge in [-0.2, -0.15) is 0 Å². The Morgan fingerprint density at radius 1 is 1.14 bits per heavy atom. The molecule has 1 aromatic rings. The summed E-state index contributed by atoms with van der Waals surface area (Å²) in [6.07, 6.45) is 2.98. The van der Waals surface area contributed by atoms with Crippen LogP contribution in [-0.2, 0) is 20.4 Å². The smallest absolute Gasteiger partial charge is 0.265 e. The Hall–Kier alpha value is -2.47. The highest BCUT2D eigenvalue weighted by molar-refractivity contribution is 7.80. The number of benzene rings is 1. The number of phenols is 1. The van der Waals surface area contributed by atoms with Gasteiger partial charge in [0.1, 0.15) is 11.3 Å². The van der Waals surface area contributed by atoms with Gasteiger partial charge >= 0.3 is 0 Å². The Morgan fingerprint density at radius 3 is 2.25 bits per heavy atom. The molecule has 0 spiro atoms. The molecule has 1 aromatic carbocycles. The zero-order chi connectivity index (χ0) is 21.4. The molecule has 150 valence electrons. The van der Waals surface area contributed by atoms with Crippen LogP contribution in [0.3, 0.4) is 0 Å². The molecule has 1 heterocycles. The second-order valence-corrected chi connectivity index (χ2v) is 9.37. The fraction of sp³-hybridized carbons (Fsp3) is 0.409. The van der Waals surface area contributed by atoms with E-state index in [9.17, 15) is 14.7 Å². The van der Waals surface area contributed by atoms with Gasteiger partial charge in [0.05, 0.1) is 0 Å². The summed E-state index contributed by atoms with van der Waals surface area (Å²) in [5, 5.41) is 13.5. The predicted octanol–water partition coefficient (Wildman–Crippen LogP) is 3.80. The van der Waals surface area contributed by atoms with Crippen LogP contribution in [0.5, 0.6) is 5.75 Å². The van der Waals surface area contributed by atoms with Gasteiger partial charge < -0.3 is 5.11 Å². The Labute approximate surface area is 172 Å². The molecule has 6 heteroatoms. The van der Waals surface area contributed by atoms with Crippen molar-refractivity contribution in [3.05, 3.63) is 47.1 Å². The molecule has 0 atom stereocenters. The molecule has 2 rings (SSSR count). The summed E-state index contributed by atoms with van der Waals surface area (Å²) in [5.41, 5.74) is 1.64. The van der Waals surface area contributed by atoms with E-state index in [0.29, 0.717) is 5.56 Å². The number of phenolic OH excluding ortho intramolecular Hbond substituents is 1. The molecule has 1 aliphatic rings. The molecule has 0 radical (unpaired) electrons. The van der Waals surface area contributed by atoms with Gasteiger partial charge in [0.2, 0.25) is 0 Å². The van der Waals surface area contributed by atoms with Gasteiger partial charge in [-0.05, 0) is 40.8 Å². The van der Waals surface area contributed by atoms with Gasteiger partial charge in [0.15, 0.2) is 5.11 Å². The quantitative estimate of drug-likeness (QED) is 0.350. The van der Waals surface area contributed by atoms with E-state index in [1.165, 1.54) is 17.1 Å². The van der Waals surface area contributed by atoms with Crippen molar-refractivity contribution in [2.24, 2.45) is 0 Å². The normalized spacial score (nSPS) is 17.1. The van der Waals surface area contributed by atoms with Crippen molar-refractivity contribution in [1.29, 1.82) is 0 Å². The summed E-state index contributed by atoms with van der Waals surface area (Å²) < 4.78 is 0. The van der Waals surface area contributed by atoms with Gasteiger partial charge in [-0.15, -0.1) is 6.58 Å². The van der Waals surface area contributed by atoms with Gasteiger partial charge in [-0.3, -0.25) is 19.8 Å². The van der Waals surface area contributed by atoms with Crippen molar-refractivity contribution < 1.29 is 14.7 Å². The molecule has 1 saturated heterocycles. The number of carbonyl (C=O) groups excluding carboxylic acids is 2. The van der Waals surface area contributed by atoms with Crippen LogP contribution < -0.4 is 5.32 Å². The van der Waals surface area contributed by atoms with Crippen molar-refractivity contribution in [2.75, 3.05) is 6.54 Å². The number of amides is 2. The van der Waals surface area contributed by atoms with E-state index in [2.05, 4.69) is 32.7 Å². The number of rotatable bonds is 3. The van der Waals surface area contributed by atoms with E-state index in [4.69, 9.17) is 12.2 Å². The van der Waals surface area contributed by atoms with Crippen molar-refractivity contribution in [3.8, 4) is 5.75 Å². The predicted molar refractivity (Wildman–Crippen MR) is 116 cm³/mol. The second-order valence-electron chi connectivity index (χ2n) is 8.98. The van der Waals surface area contributed by atoms with Gasteiger partial charge in [0.25, 0.3) is 11.8 Å². The number of carbonyl (C=O) groups is 2. The van der Waals surface area contributed by atoms with E-state index in [1.807, 2.05) is 32.9 Å². The van der Waals surface area contributed by atoms with Crippen molar-refractivity contribution >= 4 is 35.2 Å². The summed E-state index contributed by atoms with van der Waals surface area (Å²) >= 11 is 5.08. The fourth-order valence-corrected chi connectivity index (χ4v) is 3.17. The minimum absolute atomic E-state index is 0.0510. The third-order valence-electron chi connectivity index (χ3n) is 4.61. The molecular weight excluding hydrogens is 372 g/mol. The molecule has 2 N–H and O–H groups in total. The summed E-state index contributed by atoms with van der Waals surface area (Å²) in [7, 11) is 0. The van der Waals surface area contributed by atoms with Gasteiger partial charge in [-0.1, -0.05) is 53.7 Å². The van der Waals surface area contributed by atoms with Crippen LogP contribution in [0, 0.1) is 0 Å². The van der Waals surface area contributed by atoms with Crippen LogP contribution in [0.2, 0.25) is 0 Å². The van der Waals surface area contributed by atoms with E-state index in [-0.39, 0.29) is 33.8 Å². The molecule has 1 fully saturated rings. The Morgan fingerprint density at radius 2 is 1.75 bits per heavy atom. The zero-order valence-corrected chi connectivity index (χ0v) is 18.2. The summed E-state index contributed by atoms with van der Waals surface area (Å²) in [6, 6.07) is 3.81. The maximum absolute atomic E-state index is 12.8. The van der Waals surface area contributed by atoms with Crippen LogP contribution >= 0.6 is 12.2 Å². The zero-order valence-electron chi connectivity index (χ0n) is 17.3. The van der Waals surface area contributed by atoms with E-state index >= 15 is 0 Å². The molecular formula is C22H28N2O3S. The van der Waals surface area contributed by atoms with Crippen molar-refractivity contribution in [3.63, 3.8) is 0 Å². The summed E-state index contributed by atoms with van der Waals surface area (Å²) in [6.45, 7) is 16.1. The molecule has 0 aliphatic carbocycles. The standard InChI is InChI=1S/C22H28N2O3S/c1-8-9-24-19(27)15(18(26)23-20(24)28)11-13-10-14(21(2,3)4)12-16(17(13)25)22(5,6)7/h8,10-12,25H,1,9H2,2-7H3,(H,23,26,28). The lowest BCUT2D eigenvalue weighted by atomic mass is 9.78. The molecule has 2 amide bonds. The first-order valence-corrected chi connectivity index (χ1v) is 9.56. The topological polar surface area (TPSA) is 69.6 Å². The van der Waals surface area contributed by atoms with Crippen molar-refractivity contribution in [2.45, 2.75) is 52.4 Å². The van der Waals surface area contributed by atoms with Crippen LogP contribution in [0.1, 0.15) is 58.2 Å². The lowest BCUT2D eigenvalue weighted by Gasteiger charge is -2.29. The van der Waals surface area contributed by atoms with E-state index < -0.39 is 11.8 Å². The minimum Gasteiger partial charge on any atom is -0.507 e. The van der Waals surface area contributed by atoms with Crippen LogP contribution in [0.25, 0.3) is 6.08 Å². The lowest BCUT2D eigenvalue weighted by molar-refractivity contribution is -0.128. The van der Waals surface area contributed by atoms with Crippen LogP contribution in [0.4, 0.5) is 0 Å². The monoisotopic (exact) mass is 400 g/mol. The van der Waals surface area contributed by atoms with Gasteiger partial charge in [-0.25, -0.2) is 0 Å². The number of hydrogen-bond acceptors (Lipinski definition) is 4. The third-order valence-corrected chi connectivity index (χ3v) is 4.93. The summed E-state index contributed by atoms with van der Waals surface area (Å²) in [4.78, 5) is 26.5. The number of nitrogens with one attached hydrogen (secondary N) is 1. The average Bonchev–Trinajstić information content (AvgIpc) is 2.54. The maximum atomic E-state index is 12.8. The number of hydrogen-bond donors (Lipinski definition) is 2. The minimum atomic E-state index is -0.576. The van der Waals surface area contributed by atoms with Crippen LogP contribution in [-0.4, -0.2) is 33.5 Å². The molecule has 1 aliphatic heterocycles. The number of aromatic hydroxyl groups is 1. The molecule has 28 heavy (non-hydrogen) atoms. The van der Waals surface area contributed by atoms with E-state index in [1.54, 1.807) is 0 Å². The molecule has 0 unspecified atom stereocenters. The van der Waals surface area contributed by atoms with Crippen molar-refractivity contribution in [1.82, 2.24) is 10.2 Å². The molecule has 5 nitrogen and oxygen atoms in total. The Bertz CT molecular complexity index is 886. The summed E-state index contributed by atoms with van der Waals surface area (Å²) in [5.74, 6) is -1.02. The van der Waals surface area contributed by atoms with Crippen LogP contribution in [0.15, 0.2) is 30.4 Å². The fourth-order valence-electron chi connectivity index (χ4n) is 2.92. The van der Waals surface area contributed by atoms with Gasteiger partial charge in [0, 0.05) is 17.7 Å². The highest BCUT2D eigenvalue weighted by atomic mass is 32.1. The average molecular weight is 401 g/mol. The Kier molecular flexibility index (Phi) is 5.85. The molecule has 0 aromatic heterocycles. The first-order valence-electron chi connectivity index (χ1n) is 9.15. The lowest BCUT2D eigenvalue weighted by Crippen LogP contribution is -2.53. The molecule has 0 saturated carbocycles. The highest BCUT2D eigenvalue weighted by Gasteiger charge is 2.33. The SMILES string of the molecule is C=CCN1C(=O)C(=Cc2cc(C(C)(C)C)cc(C(C)(C)C)c2O)C(=O)NC1=S. The second kappa shape index (κ2) is 7.51. The first-order chi connectivity index (χ1) is 12.8. The number of nitrogens with zero attached hydrogens (tertiary/aromatic N) is 1. The highest BCUT2D eigenvalue weighted by Crippen LogP contribution is 2.38. The first kappa shape index (κ1) is 21.8. The Balaban J connectivity index is 2.69. The maximum Gasteiger partial charge on any atom is 0.265 e. The third kappa shape index (κ3) is 4.33. The largest absolute Gasteiger partial charge is 0.507 e. The molecule has 0 bridgehead atoms.